The van der Waals surface area contributed by atoms with Crippen molar-refractivity contribution in [1.82, 2.24) is 9.80 Å². The van der Waals surface area contributed by atoms with Crippen LogP contribution in [0.25, 0.3) is 6.08 Å². The van der Waals surface area contributed by atoms with Crippen molar-refractivity contribution < 1.29 is 14.0 Å². The average molecular weight is 445 g/mol. The SMILES string of the molecule is C[C@@H]1CN(C(=O)/C=C/c2ccc(Cl)cc2NC(N)=O)[C@@H](C)CN1Cc1ccc(F)cc1. The van der Waals surface area contributed by atoms with Crippen molar-refractivity contribution in [2.45, 2.75) is 32.5 Å². The van der Waals surface area contributed by atoms with E-state index in [-0.39, 0.29) is 23.8 Å². The van der Waals surface area contributed by atoms with Gasteiger partial charge in [0.25, 0.3) is 0 Å². The Labute approximate surface area is 186 Å². The minimum absolute atomic E-state index is 0.0160. The summed E-state index contributed by atoms with van der Waals surface area (Å²) in [7, 11) is 0. The van der Waals surface area contributed by atoms with E-state index in [0.717, 1.165) is 5.56 Å². The Morgan fingerprint density at radius 3 is 2.55 bits per heavy atom. The minimum atomic E-state index is -0.706. The van der Waals surface area contributed by atoms with E-state index in [0.29, 0.717) is 35.9 Å². The van der Waals surface area contributed by atoms with Gasteiger partial charge in [0, 0.05) is 42.8 Å². The molecule has 31 heavy (non-hydrogen) atoms. The van der Waals surface area contributed by atoms with E-state index in [1.165, 1.54) is 18.2 Å². The molecule has 3 rings (SSSR count). The highest BCUT2D eigenvalue weighted by molar-refractivity contribution is 6.31. The van der Waals surface area contributed by atoms with Gasteiger partial charge >= 0.3 is 6.03 Å². The zero-order chi connectivity index (χ0) is 22.5. The molecule has 3 amide bonds. The fourth-order valence-corrected chi connectivity index (χ4v) is 3.89. The minimum Gasteiger partial charge on any atom is -0.351 e. The fraction of sp³-hybridized carbons (Fsp3) is 0.304. The summed E-state index contributed by atoms with van der Waals surface area (Å²) in [5.74, 6) is -0.358. The Bertz CT molecular complexity index is 980. The normalized spacial score (nSPS) is 19.5. The third-order valence-corrected chi connectivity index (χ3v) is 5.61. The van der Waals surface area contributed by atoms with Crippen LogP contribution in [0.2, 0.25) is 5.02 Å². The van der Waals surface area contributed by atoms with Crippen LogP contribution >= 0.6 is 11.6 Å². The van der Waals surface area contributed by atoms with Gasteiger partial charge in [-0.05, 0) is 55.3 Å². The number of amides is 3. The molecule has 0 radical (unpaired) electrons. The summed E-state index contributed by atoms with van der Waals surface area (Å²) in [6.45, 7) is 6.09. The molecule has 1 fully saturated rings. The van der Waals surface area contributed by atoms with Crippen LogP contribution in [-0.2, 0) is 11.3 Å². The van der Waals surface area contributed by atoms with Crippen LogP contribution in [0.5, 0.6) is 0 Å². The summed E-state index contributed by atoms with van der Waals surface area (Å²) in [5, 5.41) is 2.96. The Hall–Kier alpha value is -2.90. The second kappa shape index (κ2) is 9.94. The first kappa shape index (κ1) is 22.8. The predicted octanol–water partition coefficient (Wildman–Crippen LogP) is 4.10. The highest BCUT2D eigenvalue weighted by Gasteiger charge is 2.31. The molecule has 0 aliphatic carbocycles. The number of carbonyl (C=O) groups excluding carboxylic acids is 2. The number of piperazine rings is 1. The molecule has 1 saturated heterocycles. The molecule has 2 aromatic carbocycles. The first-order chi connectivity index (χ1) is 14.7. The van der Waals surface area contributed by atoms with Crippen LogP contribution in [0.15, 0.2) is 48.5 Å². The van der Waals surface area contributed by atoms with Crippen molar-refractivity contribution >= 4 is 35.3 Å². The van der Waals surface area contributed by atoms with Crippen LogP contribution in [0, 0.1) is 5.82 Å². The van der Waals surface area contributed by atoms with Crippen LogP contribution in [-0.4, -0.2) is 46.9 Å². The van der Waals surface area contributed by atoms with Gasteiger partial charge in [-0.15, -0.1) is 0 Å². The Kier molecular flexibility index (Phi) is 7.30. The molecule has 6 nitrogen and oxygen atoms in total. The molecule has 0 spiro atoms. The number of nitrogens with zero attached hydrogens (tertiary/aromatic N) is 2. The van der Waals surface area contributed by atoms with Gasteiger partial charge in [-0.3, -0.25) is 9.69 Å². The molecule has 1 aliphatic rings. The number of nitrogens with one attached hydrogen (secondary N) is 1. The first-order valence-electron chi connectivity index (χ1n) is 10.1. The topological polar surface area (TPSA) is 78.7 Å². The number of nitrogens with two attached hydrogens (primary N) is 1. The van der Waals surface area contributed by atoms with Crippen molar-refractivity contribution in [2.75, 3.05) is 18.4 Å². The van der Waals surface area contributed by atoms with Gasteiger partial charge in [0.2, 0.25) is 5.91 Å². The molecular weight excluding hydrogens is 419 g/mol. The highest BCUT2D eigenvalue weighted by Crippen LogP contribution is 2.23. The molecule has 1 heterocycles. The quantitative estimate of drug-likeness (QED) is 0.681. The predicted molar refractivity (Wildman–Crippen MR) is 121 cm³/mol. The summed E-state index contributed by atoms with van der Waals surface area (Å²) >= 11 is 5.98. The molecule has 3 N–H and O–H groups in total. The molecule has 8 heteroatoms. The molecule has 1 aliphatic heterocycles. The lowest BCUT2D eigenvalue weighted by atomic mass is 10.1. The molecule has 0 unspecified atom stereocenters. The van der Waals surface area contributed by atoms with E-state index in [1.807, 2.05) is 11.8 Å². The standard InChI is InChI=1S/C23H26ClFN4O2/c1-15-13-29(16(2)12-28(15)14-17-3-8-20(25)9-4-17)22(30)10-6-18-5-7-19(24)11-21(18)27-23(26)31/h3-11,15-16H,12-14H2,1-2H3,(H3,26,27,31)/b10-6+/t15-,16+/m1/s1. The van der Waals surface area contributed by atoms with E-state index >= 15 is 0 Å². The Morgan fingerprint density at radius 2 is 1.87 bits per heavy atom. The van der Waals surface area contributed by atoms with Gasteiger partial charge < -0.3 is 16.0 Å². The number of anilines is 1. The number of rotatable bonds is 5. The molecule has 2 aromatic rings. The van der Waals surface area contributed by atoms with Crippen LogP contribution < -0.4 is 11.1 Å². The zero-order valence-corrected chi connectivity index (χ0v) is 18.3. The van der Waals surface area contributed by atoms with E-state index in [1.54, 1.807) is 36.4 Å². The van der Waals surface area contributed by atoms with Crippen molar-refractivity contribution in [3.8, 4) is 0 Å². The third kappa shape index (κ3) is 6.06. The average Bonchev–Trinajstić information content (AvgIpc) is 2.71. The number of carbonyl (C=O) groups is 2. The van der Waals surface area contributed by atoms with Crippen LogP contribution in [0.3, 0.4) is 0 Å². The smallest absolute Gasteiger partial charge is 0.316 e. The second-order valence-electron chi connectivity index (χ2n) is 7.80. The molecular formula is C23H26ClFN4O2. The van der Waals surface area contributed by atoms with Gasteiger partial charge in [-0.1, -0.05) is 29.8 Å². The Balaban J connectivity index is 1.66. The van der Waals surface area contributed by atoms with Gasteiger partial charge in [-0.25, -0.2) is 9.18 Å². The summed E-state index contributed by atoms with van der Waals surface area (Å²) in [6, 6.07) is 10.9. The van der Waals surface area contributed by atoms with E-state index in [4.69, 9.17) is 17.3 Å². The van der Waals surface area contributed by atoms with E-state index in [2.05, 4.69) is 17.1 Å². The number of halogens is 2. The van der Waals surface area contributed by atoms with Gasteiger partial charge in [0.15, 0.2) is 0 Å². The molecule has 0 saturated carbocycles. The highest BCUT2D eigenvalue weighted by atomic mass is 35.5. The summed E-state index contributed by atoms with van der Waals surface area (Å²) in [6.07, 6.45) is 3.14. The van der Waals surface area contributed by atoms with E-state index in [9.17, 15) is 14.0 Å². The lowest BCUT2D eigenvalue weighted by molar-refractivity contribution is -0.131. The largest absolute Gasteiger partial charge is 0.351 e. The second-order valence-corrected chi connectivity index (χ2v) is 8.24. The number of hydrogen-bond donors (Lipinski definition) is 2. The Morgan fingerprint density at radius 1 is 1.16 bits per heavy atom. The summed E-state index contributed by atoms with van der Waals surface area (Å²) in [5.41, 5.74) is 7.32. The molecule has 0 aromatic heterocycles. The van der Waals surface area contributed by atoms with Crippen molar-refractivity contribution in [3.05, 3.63) is 70.5 Å². The summed E-state index contributed by atoms with van der Waals surface area (Å²) < 4.78 is 13.1. The monoisotopic (exact) mass is 444 g/mol. The lowest BCUT2D eigenvalue weighted by Gasteiger charge is -2.44. The van der Waals surface area contributed by atoms with Crippen LogP contribution in [0.1, 0.15) is 25.0 Å². The van der Waals surface area contributed by atoms with Gasteiger partial charge in [-0.2, -0.15) is 0 Å². The van der Waals surface area contributed by atoms with Crippen molar-refractivity contribution in [2.24, 2.45) is 5.73 Å². The van der Waals surface area contributed by atoms with Gasteiger partial charge in [0.1, 0.15) is 5.82 Å². The first-order valence-corrected chi connectivity index (χ1v) is 10.4. The molecule has 0 bridgehead atoms. The number of hydrogen-bond acceptors (Lipinski definition) is 3. The molecule has 164 valence electrons. The van der Waals surface area contributed by atoms with Crippen molar-refractivity contribution in [3.63, 3.8) is 0 Å². The molecule has 2 atom stereocenters. The maximum Gasteiger partial charge on any atom is 0.316 e. The zero-order valence-electron chi connectivity index (χ0n) is 17.5. The lowest BCUT2D eigenvalue weighted by Crippen LogP contribution is -2.57. The maximum absolute atomic E-state index is 13.1. The van der Waals surface area contributed by atoms with E-state index < -0.39 is 6.03 Å². The van der Waals surface area contributed by atoms with Crippen molar-refractivity contribution in [1.29, 1.82) is 0 Å². The number of primary amides is 1. The third-order valence-electron chi connectivity index (χ3n) is 5.38. The maximum atomic E-state index is 13.1. The number of urea groups is 1. The fourth-order valence-electron chi connectivity index (χ4n) is 3.72. The van der Waals surface area contributed by atoms with Crippen LogP contribution in [0.4, 0.5) is 14.9 Å². The summed E-state index contributed by atoms with van der Waals surface area (Å²) in [4.78, 5) is 28.2. The van der Waals surface area contributed by atoms with Gasteiger partial charge in [0.05, 0.1) is 5.69 Å². The number of benzene rings is 2.